The molecular weight excluding hydrogens is 362 g/mol. The highest BCUT2D eigenvalue weighted by atomic mass is 32.2. The first-order chi connectivity index (χ1) is 11.8. The van der Waals surface area contributed by atoms with Gasteiger partial charge in [0.25, 0.3) is 0 Å². The molecule has 3 rings (SSSR count). The Morgan fingerprint density at radius 3 is 2.36 bits per heavy atom. The van der Waals surface area contributed by atoms with Crippen LogP contribution >= 0.6 is 0 Å². The van der Waals surface area contributed by atoms with Crippen LogP contribution in [0.2, 0.25) is 0 Å². The Morgan fingerprint density at radius 1 is 1.08 bits per heavy atom. The number of hydrogen-bond donors (Lipinski definition) is 1. The van der Waals surface area contributed by atoms with Crippen molar-refractivity contribution in [3.05, 3.63) is 54.4 Å². The fourth-order valence-corrected chi connectivity index (χ4v) is 5.07. The Hall–Kier alpha value is -1.81. The van der Waals surface area contributed by atoms with E-state index in [0.717, 1.165) is 11.8 Å². The van der Waals surface area contributed by atoms with Crippen LogP contribution in [0.15, 0.2) is 58.6 Å². The molecule has 1 fully saturated rings. The van der Waals surface area contributed by atoms with Crippen LogP contribution in [0, 0.1) is 0 Å². The molecule has 0 aliphatic carbocycles. The van der Waals surface area contributed by atoms with E-state index in [-0.39, 0.29) is 15.8 Å². The summed E-state index contributed by atoms with van der Waals surface area (Å²) in [4.78, 5) is 4.24. The molecule has 1 N–H and O–H groups in total. The number of aromatic nitrogens is 1. The minimum Gasteiger partial charge on any atom is -0.313 e. The molecule has 0 saturated carbocycles. The number of sulfone groups is 1. The highest BCUT2D eigenvalue weighted by Gasteiger charge is 2.34. The largest absolute Gasteiger partial charge is 0.313 e. The van der Waals surface area contributed by atoms with Crippen molar-refractivity contribution in [3.8, 4) is 0 Å². The lowest BCUT2D eigenvalue weighted by atomic mass is 10.1. The zero-order valence-electron chi connectivity index (χ0n) is 13.7. The molecule has 2 heterocycles. The zero-order valence-corrected chi connectivity index (χ0v) is 15.3. The maximum Gasteiger partial charge on any atom is 0.243 e. The Kier molecular flexibility index (Phi) is 4.92. The average molecular weight is 381 g/mol. The van der Waals surface area contributed by atoms with Crippen molar-refractivity contribution in [2.24, 2.45) is 0 Å². The maximum absolute atomic E-state index is 13.1. The number of benzene rings is 1. The topological polar surface area (TPSA) is 96.4 Å². The predicted octanol–water partition coefficient (Wildman–Crippen LogP) is 0.820. The van der Waals surface area contributed by atoms with E-state index in [9.17, 15) is 16.8 Å². The second-order valence-corrected chi connectivity index (χ2v) is 9.77. The summed E-state index contributed by atoms with van der Waals surface area (Å²) in [5.74, 6) is 0. The molecule has 1 unspecified atom stereocenters. The number of nitrogens with one attached hydrogen (secondary N) is 1. The van der Waals surface area contributed by atoms with Gasteiger partial charge in [0.15, 0.2) is 9.84 Å². The second kappa shape index (κ2) is 6.83. The van der Waals surface area contributed by atoms with Crippen LogP contribution in [0.25, 0.3) is 0 Å². The Balaban J connectivity index is 1.97. The first-order valence-electron chi connectivity index (χ1n) is 7.73. The van der Waals surface area contributed by atoms with Crippen LogP contribution in [0.4, 0.5) is 0 Å². The number of pyridine rings is 1. The van der Waals surface area contributed by atoms with E-state index in [2.05, 4.69) is 10.3 Å². The zero-order chi connectivity index (χ0) is 18.1. The molecular formula is C16H19N3O4S2. The normalized spacial score (nSPS) is 19.6. The highest BCUT2D eigenvalue weighted by Crippen LogP contribution is 2.28. The van der Waals surface area contributed by atoms with Crippen molar-refractivity contribution in [2.75, 3.05) is 25.9 Å². The third kappa shape index (κ3) is 3.74. The van der Waals surface area contributed by atoms with Gasteiger partial charge in [0.1, 0.15) is 0 Å². The number of rotatable bonds is 4. The van der Waals surface area contributed by atoms with E-state index < -0.39 is 19.9 Å². The average Bonchev–Trinajstić information content (AvgIpc) is 2.62. The lowest BCUT2D eigenvalue weighted by Gasteiger charge is -2.35. The summed E-state index contributed by atoms with van der Waals surface area (Å²) in [7, 11) is -7.12. The summed E-state index contributed by atoms with van der Waals surface area (Å²) < 4.78 is 50.7. The minimum atomic E-state index is -3.75. The van der Waals surface area contributed by atoms with Crippen molar-refractivity contribution in [1.82, 2.24) is 14.6 Å². The van der Waals surface area contributed by atoms with Gasteiger partial charge in [0.2, 0.25) is 10.0 Å². The predicted molar refractivity (Wildman–Crippen MR) is 93.3 cm³/mol. The molecule has 134 valence electrons. The maximum atomic E-state index is 13.1. The van der Waals surface area contributed by atoms with E-state index in [4.69, 9.17) is 0 Å². The van der Waals surface area contributed by atoms with Crippen LogP contribution in [0.3, 0.4) is 0 Å². The van der Waals surface area contributed by atoms with Crippen molar-refractivity contribution in [3.63, 3.8) is 0 Å². The van der Waals surface area contributed by atoms with Crippen LogP contribution in [0.5, 0.6) is 0 Å². The van der Waals surface area contributed by atoms with E-state index in [1.165, 1.54) is 28.6 Å². The Morgan fingerprint density at radius 2 is 1.76 bits per heavy atom. The quantitative estimate of drug-likeness (QED) is 0.842. The van der Waals surface area contributed by atoms with E-state index in [1.54, 1.807) is 18.5 Å². The number of sulfonamides is 1. The van der Waals surface area contributed by atoms with Crippen molar-refractivity contribution in [2.45, 2.75) is 15.8 Å². The number of nitrogens with zero attached hydrogens (tertiary/aromatic N) is 2. The van der Waals surface area contributed by atoms with Gasteiger partial charge < -0.3 is 5.32 Å². The van der Waals surface area contributed by atoms with Gasteiger partial charge in [-0.2, -0.15) is 4.31 Å². The van der Waals surface area contributed by atoms with Gasteiger partial charge in [-0.1, -0.05) is 6.07 Å². The van der Waals surface area contributed by atoms with E-state index >= 15 is 0 Å². The van der Waals surface area contributed by atoms with Gasteiger partial charge in [0, 0.05) is 38.3 Å². The molecule has 1 aliphatic rings. The molecule has 0 bridgehead atoms. The van der Waals surface area contributed by atoms with Crippen molar-refractivity contribution >= 4 is 19.9 Å². The highest BCUT2D eigenvalue weighted by molar-refractivity contribution is 7.90. The molecule has 7 nitrogen and oxygen atoms in total. The summed E-state index contributed by atoms with van der Waals surface area (Å²) in [6.45, 7) is 1.37. The first kappa shape index (κ1) is 18.0. The smallest absolute Gasteiger partial charge is 0.243 e. The molecule has 0 amide bonds. The summed E-state index contributed by atoms with van der Waals surface area (Å²) in [6, 6.07) is 8.59. The summed E-state index contributed by atoms with van der Waals surface area (Å²) >= 11 is 0. The molecule has 9 heteroatoms. The van der Waals surface area contributed by atoms with Crippen LogP contribution < -0.4 is 5.32 Å². The van der Waals surface area contributed by atoms with Crippen molar-refractivity contribution < 1.29 is 16.8 Å². The van der Waals surface area contributed by atoms with Gasteiger partial charge in [0.05, 0.1) is 15.8 Å². The fourth-order valence-electron chi connectivity index (χ4n) is 2.82. The summed E-state index contributed by atoms with van der Waals surface area (Å²) in [5, 5.41) is 3.20. The van der Waals surface area contributed by atoms with Gasteiger partial charge in [-0.05, 0) is 35.9 Å². The SMILES string of the molecule is CS(=O)(=O)c1ccc(S(=O)(=O)N2CCNCC2c2cccnc2)cc1. The molecule has 1 atom stereocenters. The standard InChI is InChI=1S/C16H19N3O4S2/c1-24(20,21)14-4-6-15(7-5-14)25(22,23)19-10-9-18-12-16(19)13-3-2-8-17-11-13/h2-8,11,16,18H,9-10,12H2,1H3. The third-order valence-corrected chi connectivity index (χ3v) is 7.17. The van der Waals surface area contributed by atoms with Crippen LogP contribution in [0.1, 0.15) is 11.6 Å². The second-order valence-electron chi connectivity index (χ2n) is 5.87. The van der Waals surface area contributed by atoms with E-state index in [1.807, 2.05) is 6.07 Å². The summed E-state index contributed by atoms with van der Waals surface area (Å²) in [6.07, 6.45) is 4.39. The molecule has 2 aromatic rings. The van der Waals surface area contributed by atoms with Crippen LogP contribution in [-0.2, 0) is 19.9 Å². The molecule has 1 saturated heterocycles. The molecule has 1 aromatic heterocycles. The lowest BCUT2D eigenvalue weighted by Crippen LogP contribution is -2.48. The van der Waals surface area contributed by atoms with Gasteiger partial charge in [-0.3, -0.25) is 4.98 Å². The van der Waals surface area contributed by atoms with Gasteiger partial charge >= 0.3 is 0 Å². The summed E-state index contributed by atoms with van der Waals surface area (Å²) in [5.41, 5.74) is 0.811. The first-order valence-corrected chi connectivity index (χ1v) is 11.1. The van der Waals surface area contributed by atoms with Gasteiger partial charge in [-0.25, -0.2) is 16.8 Å². The molecule has 1 aromatic carbocycles. The lowest BCUT2D eigenvalue weighted by molar-refractivity contribution is 0.271. The molecule has 0 spiro atoms. The Bertz CT molecular complexity index is 943. The fraction of sp³-hybridized carbons (Fsp3) is 0.312. The molecule has 25 heavy (non-hydrogen) atoms. The minimum absolute atomic E-state index is 0.0793. The molecule has 0 radical (unpaired) electrons. The molecule has 1 aliphatic heterocycles. The van der Waals surface area contributed by atoms with Crippen LogP contribution in [-0.4, -0.2) is 52.0 Å². The monoisotopic (exact) mass is 381 g/mol. The van der Waals surface area contributed by atoms with Crippen molar-refractivity contribution in [1.29, 1.82) is 0 Å². The number of hydrogen-bond acceptors (Lipinski definition) is 6. The van der Waals surface area contributed by atoms with Gasteiger partial charge in [-0.15, -0.1) is 0 Å². The Labute approximate surface area is 147 Å². The van der Waals surface area contributed by atoms with E-state index in [0.29, 0.717) is 19.6 Å². The third-order valence-electron chi connectivity index (χ3n) is 4.12. The number of piperazine rings is 1.